The number of H-pyrrole nitrogens is 1. The van der Waals surface area contributed by atoms with Crippen LogP contribution in [0.25, 0.3) is 0 Å². The predicted octanol–water partition coefficient (Wildman–Crippen LogP) is 2.20. The van der Waals surface area contributed by atoms with E-state index in [4.69, 9.17) is 0 Å². The zero-order valence-corrected chi connectivity index (χ0v) is 9.77. The summed E-state index contributed by atoms with van der Waals surface area (Å²) >= 11 is 0. The average molecular weight is 270 g/mol. The van der Waals surface area contributed by atoms with Crippen LogP contribution < -0.4 is 0 Å². The van der Waals surface area contributed by atoms with Gasteiger partial charge in [-0.2, -0.15) is 18.3 Å². The number of aromatic nitrogens is 4. The number of ketones is 1. The van der Waals surface area contributed by atoms with E-state index in [1.165, 1.54) is 6.33 Å². The average Bonchev–Trinajstić information content (AvgIpc) is 2.90. The fourth-order valence-corrected chi connectivity index (χ4v) is 1.48. The van der Waals surface area contributed by atoms with Crippen LogP contribution in [0.3, 0.4) is 0 Å². The van der Waals surface area contributed by atoms with Gasteiger partial charge >= 0.3 is 6.18 Å². The summed E-state index contributed by atoms with van der Waals surface area (Å²) in [5.41, 5.74) is -0.937. The Hall–Kier alpha value is -2.25. The van der Waals surface area contributed by atoms with Gasteiger partial charge in [-0.3, -0.25) is 14.9 Å². The highest BCUT2D eigenvalue weighted by Gasteiger charge is 2.31. The molecule has 0 aliphatic rings. The van der Waals surface area contributed by atoms with Crippen molar-refractivity contribution in [3.63, 3.8) is 0 Å². The van der Waals surface area contributed by atoms with Gasteiger partial charge in [-0.15, -0.1) is 0 Å². The van der Waals surface area contributed by atoms with Crippen molar-refractivity contribution in [1.29, 1.82) is 0 Å². The molecule has 0 saturated carbocycles. The number of nitrogens with zero attached hydrogens (tertiary/aromatic N) is 3. The number of carbonyl (C=O) groups is 1. The zero-order chi connectivity index (χ0) is 14.0. The van der Waals surface area contributed by atoms with Crippen molar-refractivity contribution < 1.29 is 18.0 Å². The van der Waals surface area contributed by atoms with Crippen LogP contribution in [-0.2, 0) is 6.18 Å². The number of alkyl halides is 3. The lowest BCUT2D eigenvalue weighted by molar-refractivity contribution is -0.137. The summed E-state index contributed by atoms with van der Waals surface area (Å²) in [6.45, 7) is 1.57. The van der Waals surface area contributed by atoms with Crippen LogP contribution in [0.2, 0.25) is 0 Å². The maximum atomic E-state index is 12.4. The molecule has 2 aromatic rings. The van der Waals surface area contributed by atoms with Gasteiger partial charge in [0.15, 0.2) is 5.78 Å². The van der Waals surface area contributed by atoms with Gasteiger partial charge in [0, 0.05) is 6.20 Å². The number of aromatic amines is 1. The minimum Gasteiger partial charge on any atom is -0.292 e. The molecule has 2 aromatic heterocycles. The van der Waals surface area contributed by atoms with E-state index in [1.807, 2.05) is 0 Å². The molecule has 2 rings (SSSR count). The number of halogens is 3. The first-order valence-corrected chi connectivity index (χ1v) is 5.32. The van der Waals surface area contributed by atoms with Gasteiger partial charge in [-0.1, -0.05) is 0 Å². The van der Waals surface area contributed by atoms with Crippen LogP contribution in [0.4, 0.5) is 13.2 Å². The molecule has 1 atom stereocenters. The van der Waals surface area contributed by atoms with Crippen LogP contribution in [-0.4, -0.2) is 25.9 Å². The highest BCUT2D eigenvalue weighted by molar-refractivity contribution is 5.98. The molecule has 0 amide bonds. The summed E-state index contributed by atoms with van der Waals surface area (Å²) in [5.74, 6) is -0.732. The van der Waals surface area contributed by atoms with Crippen molar-refractivity contribution in [2.24, 2.45) is 0 Å². The molecule has 1 N–H and O–H groups in total. The Morgan fingerprint density at radius 2 is 2.05 bits per heavy atom. The van der Waals surface area contributed by atoms with Crippen LogP contribution in [0.5, 0.6) is 0 Å². The van der Waals surface area contributed by atoms with Gasteiger partial charge in [0.25, 0.3) is 0 Å². The van der Waals surface area contributed by atoms with E-state index in [-0.39, 0.29) is 5.69 Å². The summed E-state index contributed by atoms with van der Waals surface area (Å²) in [4.78, 5) is 19.3. The lowest BCUT2D eigenvalue weighted by Gasteiger charge is -2.08. The third kappa shape index (κ3) is 2.78. The minimum atomic E-state index is -4.47. The third-order valence-corrected chi connectivity index (χ3v) is 2.58. The summed E-state index contributed by atoms with van der Waals surface area (Å²) in [7, 11) is 0. The van der Waals surface area contributed by atoms with Crippen LogP contribution in [0.1, 0.15) is 34.7 Å². The Bertz CT molecular complexity index is 563. The van der Waals surface area contributed by atoms with Gasteiger partial charge in [0.2, 0.25) is 0 Å². The van der Waals surface area contributed by atoms with Crippen molar-refractivity contribution in [1.82, 2.24) is 20.2 Å². The molecule has 0 aliphatic heterocycles. The summed E-state index contributed by atoms with van der Waals surface area (Å²) < 4.78 is 37.1. The number of hydrogen-bond acceptors (Lipinski definition) is 4. The molecule has 0 fully saturated rings. The number of nitrogens with one attached hydrogen (secondary N) is 1. The van der Waals surface area contributed by atoms with Crippen molar-refractivity contribution in [2.45, 2.75) is 19.0 Å². The molecule has 2 heterocycles. The number of carbonyl (C=O) groups excluding carboxylic acids is 1. The van der Waals surface area contributed by atoms with Crippen LogP contribution in [0, 0.1) is 0 Å². The Balaban J connectivity index is 2.21. The van der Waals surface area contributed by atoms with Crippen LogP contribution >= 0.6 is 0 Å². The number of hydrogen-bond donors (Lipinski definition) is 1. The lowest BCUT2D eigenvalue weighted by Crippen LogP contribution is -2.14. The first-order valence-electron chi connectivity index (χ1n) is 5.32. The summed E-state index contributed by atoms with van der Waals surface area (Å²) in [6.07, 6.45) is -2.58. The molecular weight excluding hydrogens is 261 g/mol. The molecule has 0 aromatic carbocycles. The lowest BCUT2D eigenvalue weighted by atomic mass is 10.0. The van der Waals surface area contributed by atoms with E-state index in [9.17, 15) is 18.0 Å². The maximum Gasteiger partial charge on any atom is 0.417 e. The van der Waals surface area contributed by atoms with E-state index >= 15 is 0 Å². The Labute approximate surface area is 105 Å². The van der Waals surface area contributed by atoms with Gasteiger partial charge < -0.3 is 0 Å². The third-order valence-electron chi connectivity index (χ3n) is 2.58. The van der Waals surface area contributed by atoms with Gasteiger partial charge in [0.05, 0.1) is 11.5 Å². The minimum absolute atomic E-state index is 0.0445. The normalized spacial score (nSPS) is 13.3. The smallest absolute Gasteiger partial charge is 0.292 e. The summed E-state index contributed by atoms with van der Waals surface area (Å²) in [5, 5.41) is 6.14. The molecule has 0 spiro atoms. The second kappa shape index (κ2) is 4.79. The van der Waals surface area contributed by atoms with Crippen molar-refractivity contribution in [2.75, 3.05) is 0 Å². The predicted molar refractivity (Wildman–Crippen MR) is 58.4 cm³/mol. The van der Waals surface area contributed by atoms with Gasteiger partial charge in [-0.25, -0.2) is 4.98 Å². The Morgan fingerprint density at radius 1 is 1.32 bits per heavy atom. The van der Waals surface area contributed by atoms with Crippen molar-refractivity contribution in [3.05, 3.63) is 41.7 Å². The Kier molecular flexibility index (Phi) is 3.32. The largest absolute Gasteiger partial charge is 0.417 e. The van der Waals surface area contributed by atoms with Gasteiger partial charge in [-0.05, 0) is 19.1 Å². The van der Waals surface area contributed by atoms with E-state index in [1.54, 1.807) is 6.92 Å². The standard InChI is InChI=1S/C11H9F3N4O/c1-6(10-16-5-17-18-10)9(19)8-3-2-7(4-15-8)11(12,13)14/h2-6H,1H3,(H,16,17,18). The first-order chi connectivity index (χ1) is 8.89. The molecule has 5 nitrogen and oxygen atoms in total. The van der Waals surface area contributed by atoms with E-state index < -0.39 is 23.4 Å². The molecule has 0 aliphatic carbocycles. The number of rotatable bonds is 3. The molecule has 1 unspecified atom stereocenters. The van der Waals surface area contributed by atoms with Crippen molar-refractivity contribution in [3.8, 4) is 0 Å². The van der Waals surface area contributed by atoms with Gasteiger partial charge in [0.1, 0.15) is 17.8 Å². The number of pyridine rings is 1. The molecular formula is C11H9F3N4O. The number of Topliss-reactive ketones (excluding diaryl/α,β-unsaturated/α-hetero) is 1. The zero-order valence-electron chi connectivity index (χ0n) is 9.77. The topological polar surface area (TPSA) is 71.5 Å². The van der Waals surface area contributed by atoms with E-state index in [0.29, 0.717) is 12.0 Å². The van der Waals surface area contributed by atoms with Crippen LogP contribution in [0.15, 0.2) is 24.7 Å². The first kappa shape index (κ1) is 13.2. The molecule has 0 saturated heterocycles. The summed E-state index contributed by atoms with van der Waals surface area (Å²) in [6, 6.07) is 1.88. The van der Waals surface area contributed by atoms with Crippen molar-refractivity contribution >= 4 is 5.78 Å². The fourth-order valence-electron chi connectivity index (χ4n) is 1.48. The molecule has 8 heteroatoms. The maximum absolute atomic E-state index is 12.4. The quantitative estimate of drug-likeness (QED) is 0.868. The van der Waals surface area contributed by atoms with E-state index in [2.05, 4.69) is 20.2 Å². The van der Waals surface area contributed by atoms with E-state index in [0.717, 1.165) is 12.1 Å². The molecule has 0 bridgehead atoms. The second-order valence-electron chi connectivity index (χ2n) is 3.89. The monoisotopic (exact) mass is 270 g/mol. The molecule has 0 radical (unpaired) electrons. The molecule has 19 heavy (non-hydrogen) atoms. The Morgan fingerprint density at radius 3 is 2.53 bits per heavy atom. The molecule has 100 valence electrons. The SMILES string of the molecule is CC(C(=O)c1ccc(C(F)(F)F)cn1)c1ncn[nH]1. The highest BCUT2D eigenvalue weighted by atomic mass is 19.4. The highest BCUT2D eigenvalue weighted by Crippen LogP contribution is 2.28. The second-order valence-corrected chi connectivity index (χ2v) is 3.89. The fraction of sp³-hybridized carbons (Fsp3) is 0.273.